The van der Waals surface area contributed by atoms with Gasteiger partial charge in [0.2, 0.25) is 11.8 Å². The molecule has 3 fully saturated rings. The molecule has 2 N–H and O–H groups in total. The zero-order chi connectivity index (χ0) is 13.4. The first kappa shape index (κ1) is 12.9. The number of aliphatic hydroxyl groups is 1. The molecule has 5 nitrogen and oxygen atoms in total. The van der Waals surface area contributed by atoms with Gasteiger partial charge in [-0.1, -0.05) is 0 Å². The summed E-state index contributed by atoms with van der Waals surface area (Å²) >= 11 is 0. The predicted molar refractivity (Wildman–Crippen MR) is 69.2 cm³/mol. The quantitative estimate of drug-likeness (QED) is 0.767. The van der Waals surface area contributed by atoms with Gasteiger partial charge in [0.1, 0.15) is 0 Å². The number of rotatable bonds is 4. The van der Waals surface area contributed by atoms with Gasteiger partial charge in [0, 0.05) is 25.6 Å². The molecule has 3 unspecified atom stereocenters. The van der Waals surface area contributed by atoms with E-state index in [9.17, 15) is 14.7 Å². The van der Waals surface area contributed by atoms with E-state index in [1.165, 1.54) is 0 Å². The first-order valence-electron chi connectivity index (χ1n) is 7.38. The van der Waals surface area contributed by atoms with Gasteiger partial charge in [0.25, 0.3) is 0 Å². The highest BCUT2D eigenvalue weighted by molar-refractivity contribution is 5.89. The van der Waals surface area contributed by atoms with Crippen molar-refractivity contribution < 1.29 is 14.7 Å². The molecular formula is C14H22N2O3. The van der Waals surface area contributed by atoms with Crippen LogP contribution in [0.4, 0.5) is 0 Å². The lowest BCUT2D eigenvalue weighted by Gasteiger charge is -2.16. The lowest BCUT2D eigenvalue weighted by molar-refractivity contribution is -0.129. The number of nitrogens with one attached hydrogen (secondary N) is 1. The van der Waals surface area contributed by atoms with Gasteiger partial charge in [-0.05, 0) is 38.0 Å². The summed E-state index contributed by atoms with van der Waals surface area (Å²) in [6.07, 6.45) is 4.99. The second-order valence-corrected chi connectivity index (χ2v) is 6.26. The third kappa shape index (κ3) is 2.91. The third-order valence-corrected chi connectivity index (χ3v) is 4.60. The molecule has 0 aromatic carbocycles. The molecule has 1 aliphatic heterocycles. The fourth-order valence-electron chi connectivity index (χ4n) is 3.27. The minimum Gasteiger partial charge on any atom is -0.393 e. The van der Waals surface area contributed by atoms with Crippen molar-refractivity contribution in [2.24, 2.45) is 11.8 Å². The van der Waals surface area contributed by atoms with E-state index in [1.54, 1.807) is 0 Å². The maximum absolute atomic E-state index is 12.1. The summed E-state index contributed by atoms with van der Waals surface area (Å²) in [5.74, 6) is 0.381. The number of hydrogen-bond acceptors (Lipinski definition) is 3. The van der Waals surface area contributed by atoms with Crippen molar-refractivity contribution in [3.05, 3.63) is 0 Å². The second kappa shape index (κ2) is 5.12. The summed E-state index contributed by atoms with van der Waals surface area (Å²) in [6.45, 7) is 1.24. The maximum Gasteiger partial charge on any atom is 0.225 e. The molecule has 2 saturated carbocycles. The molecule has 3 aliphatic rings. The Morgan fingerprint density at radius 1 is 1.32 bits per heavy atom. The van der Waals surface area contributed by atoms with Gasteiger partial charge in [-0.2, -0.15) is 0 Å². The lowest BCUT2D eigenvalue weighted by atomic mass is 10.1. The summed E-state index contributed by atoms with van der Waals surface area (Å²) < 4.78 is 0. The molecule has 1 saturated heterocycles. The molecule has 5 heteroatoms. The van der Waals surface area contributed by atoms with E-state index in [2.05, 4.69) is 5.32 Å². The average molecular weight is 266 g/mol. The van der Waals surface area contributed by atoms with Gasteiger partial charge in [-0.3, -0.25) is 9.59 Å². The molecule has 2 aliphatic carbocycles. The van der Waals surface area contributed by atoms with Crippen molar-refractivity contribution >= 4 is 11.8 Å². The third-order valence-electron chi connectivity index (χ3n) is 4.60. The van der Waals surface area contributed by atoms with Crippen LogP contribution in [0.1, 0.15) is 38.5 Å². The van der Waals surface area contributed by atoms with Gasteiger partial charge in [-0.25, -0.2) is 0 Å². The Bertz CT molecular complexity index is 381. The monoisotopic (exact) mass is 266 g/mol. The van der Waals surface area contributed by atoms with Gasteiger partial charge < -0.3 is 15.3 Å². The van der Waals surface area contributed by atoms with E-state index < -0.39 is 0 Å². The smallest absolute Gasteiger partial charge is 0.225 e. The summed E-state index contributed by atoms with van der Waals surface area (Å²) in [5.41, 5.74) is 0. The molecule has 3 atom stereocenters. The fraction of sp³-hybridized carbons (Fsp3) is 0.857. The van der Waals surface area contributed by atoms with Gasteiger partial charge in [-0.15, -0.1) is 0 Å². The van der Waals surface area contributed by atoms with Crippen LogP contribution < -0.4 is 5.32 Å². The second-order valence-electron chi connectivity index (χ2n) is 6.26. The van der Waals surface area contributed by atoms with Crippen LogP contribution in [0.25, 0.3) is 0 Å². The Morgan fingerprint density at radius 2 is 2.11 bits per heavy atom. The molecule has 3 rings (SSSR count). The van der Waals surface area contributed by atoms with Gasteiger partial charge in [0.15, 0.2) is 0 Å². The summed E-state index contributed by atoms with van der Waals surface area (Å²) in [4.78, 5) is 25.7. The molecule has 106 valence electrons. The Hall–Kier alpha value is -1.10. The van der Waals surface area contributed by atoms with Crippen LogP contribution in [-0.4, -0.2) is 47.1 Å². The van der Waals surface area contributed by atoms with E-state index >= 15 is 0 Å². The standard InChI is InChI=1S/C14H22N2O3/c17-12-4-1-9(5-12)7-15-14(19)10-6-13(18)16(8-10)11-2-3-11/h9-12,17H,1-8H2,(H,15,19). The minimum absolute atomic E-state index is 0.0119. The number of hydrogen-bond donors (Lipinski definition) is 2. The fourth-order valence-corrected chi connectivity index (χ4v) is 3.27. The Labute approximate surface area is 113 Å². The summed E-state index contributed by atoms with van der Waals surface area (Å²) in [5, 5.41) is 12.4. The van der Waals surface area contributed by atoms with Crippen LogP contribution in [0.15, 0.2) is 0 Å². The van der Waals surface area contributed by atoms with E-state index in [4.69, 9.17) is 0 Å². The van der Waals surface area contributed by atoms with Crippen molar-refractivity contribution in [2.45, 2.75) is 50.7 Å². The Morgan fingerprint density at radius 3 is 2.74 bits per heavy atom. The molecular weight excluding hydrogens is 244 g/mol. The molecule has 1 heterocycles. The Balaban J connectivity index is 1.44. The van der Waals surface area contributed by atoms with Crippen molar-refractivity contribution in [3.63, 3.8) is 0 Å². The van der Waals surface area contributed by atoms with E-state index in [0.717, 1.165) is 32.1 Å². The van der Waals surface area contributed by atoms with Gasteiger partial charge in [0.05, 0.1) is 12.0 Å². The first-order chi connectivity index (χ1) is 9.13. The maximum atomic E-state index is 12.1. The number of carbonyl (C=O) groups is 2. The Kier molecular flexibility index (Phi) is 3.48. The minimum atomic E-state index is -0.194. The highest BCUT2D eigenvalue weighted by Gasteiger charge is 2.41. The van der Waals surface area contributed by atoms with Gasteiger partial charge >= 0.3 is 0 Å². The first-order valence-corrected chi connectivity index (χ1v) is 7.38. The predicted octanol–water partition coefficient (Wildman–Crippen LogP) is 0.274. The summed E-state index contributed by atoms with van der Waals surface area (Å²) in [7, 11) is 0. The topological polar surface area (TPSA) is 69.6 Å². The van der Waals surface area contributed by atoms with Crippen molar-refractivity contribution in [2.75, 3.05) is 13.1 Å². The van der Waals surface area contributed by atoms with E-state index in [1.807, 2.05) is 4.90 Å². The van der Waals surface area contributed by atoms with Crippen LogP contribution in [0, 0.1) is 11.8 Å². The largest absolute Gasteiger partial charge is 0.393 e. The summed E-state index contributed by atoms with van der Waals surface area (Å²) in [6, 6.07) is 0.412. The number of likely N-dealkylation sites (tertiary alicyclic amines) is 1. The molecule has 2 amide bonds. The van der Waals surface area contributed by atoms with Crippen LogP contribution >= 0.6 is 0 Å². The van der Waals surface area contributed by atoms with E-state index in [-0.39, 0.29) is 23.8 Å². The SMILES string of the molecule is O=C(NCC1CCC(O)C1)C1CC(=O)N(C2CC2)C1. The number of carbonyl (C=O) groups excluding carboxylic acids is 2. The van der Waals surface area contributed by atoms with Crippen LogP contribution in [0.3, 0.4) is 0 Å². The normalized spacial score (nSPS) is 34.9. The van der Waals surface area contributed by atoms with Crippen LogP contribution in [-0.2, 0) is 9.59 Å². The molecule has 0 aromatic rings. The zero-order valence-electron chi connectivity index (χ0n) is 11.2. The van der Waals surface area contributed by atoms with Crippen molar-refractivity contribution in [1.82, 2.24) is 10.2 Å². The average Bonchev–Trinajstić information content (AvgIpc) is 3.03. The highest BCUT2D eigenvalue weighted by atomic mass is 16.3. The van der Waals surface area contributed by atoms with Crippen molar-refractivity contribution in [1.29, 1.82) is 0 Å². The molecule has 0 bridgehead atoms. The van der Waals surface area contributed by atoms with Crippen LogP contribution in [0.5, 0.6) is 0 Å². The molecule has 19 heavy (non-hydrogen) atoms. The number of amides is 2. The number of aliphatic hydroxyl groups excluding tert-OH is 1. The molecule has 0 aromatic heterocycles. The van der Waals surface area contributed by atoms with Crippen molar-refractivity contribution in [3.8, 4) is 0 Å². The molecule has 0 spiro atoms. The lowest BCUT2D eigenvalue weighted by Crippen LogP contribution is -2.36. The zero-order valence-corrected chi connectivity index (χ0v) is 11.2. The number of nitrogens with zero attached hydrogens (tertiary/aromatic N) is 1. The van der Waals surface area contributed by atoms with E-state index in [0.29, 0.717) is 31.5 Å². The highest BCUT2D eigenvalue weighted by Crippen LogP contribution is 2.32. The van der Waals surface area contributed by atoms with Crippen LogP contribution in [0.2, 0.25) is 0 Å². The molecule has 0 radical (unpaired) electrons.